The van der Waals surface area contributed by atoms with Crippen LogP contribution in [0.25, 0.3) is 10.9 Å². The van der Waals surface area contributed by atoms with E-state index in [0.29, 0.717) is 5.75 Å². The molecule has 0 fully saturated rings. The minimum Gasteiger partial charge on any atom is -0.497 e. The second kappa shape index (κ2) is 7.79. The lowest BCUT2D eigenvalue weighted by Crippen LogP contribution is -2.28. The molecule has 0 saturated carbocycles. The lowest BCUT2D eigenvalue weighted by molar-refractivity contribution is 0.414. The van der Waals surface area contributed by atoms with Gasteiger partial charge in [-0.15, -0.1) is 11.3 Å². The number of nitrogens with one attached hydrogen (secondary N) is 2. The Morgan fingerprint density at radius 2 is 1.86 bits per heavy atom. The zero-order valence-corrected chi connectivity index (χ0v) is 16.9. The van der Waals surface area contributed by atoms with E-state index in [1.165, 1.54) is 0 Å². The minimum atomic E-state index is -3.63. The summed E-state index contributed by atoms with van der Waals surface area (Å²) in [4.78, 5) is 4.62. The van der Waals surface area contributed by atoms with Crippen LogP contribution >= 0.6 is 11.3 Å². The third-order valence-electron chi connectivity index (χ3n) is 4.73. The van der Waals surface area contributed by atoms with Crippen molar-refractivity contribution < 1.29 is 13.2 Å². The molecule has 0 spiro atoms. The first-order valence-corrected chi connectivity index (χ1v) is 11.2. The Morgan fingerprint density at radius 1 is 1.07 bits per heavy atom. The highest BCUT2D eigenvalue weighted by molar-refractivity contribution is 7.89. The molecule has 2 heterocycles. The number of benzene rings is 2. The highest BCUT2D eigenvalue weighted by Crippen LogP contribution is 2.33. The second-order valence-corrected chi connectivity index (χ2v) is 9.13. The number of aromatic amines is 1. The Bertz CT molecular complexity index is 1160. The summed E-state index contributed by atoms with van der Waals surface area (Å²) in [5, 5.41) is 3.11. The van der Waals surface area contributed by atoms with Crippen LogP contribution in [0.1, 0.15) is 16.4 Å². The Kier molecular flexibility index (Phi) is 5.21. The number of thiophene rings is 1. The summed E-state index contributed by atoms with van der Waals surface area (Å²) in [6.45, 7) is 0.275. The zero-order chi connectivity index (χ0) is 19.6. The molecule has 0 radical (unpaired) electrons. The van der Waals surface area contributed by atoms with E-state index in [9.17, 15) is 8.42 Å². The van der Waals surface area contributed by atoms with Crippen molar-refractivity contribution in [2.75, 3.05) is 13.7 Å². The van der Waals surface area contributed by atoms with Crippen LogP contribution < -0.4 is 9.46 Å². The van der Waals surface area contributed by atoms with Crippen LogP contribution in [0.5, 0.6) is 5.75 Å². The molecule has 144 valence electrons. The van der Waals surface area contributed by atoms with Crippen LogP contribution in [0.3, 0.4) is 0 Å². The van der Waals surface area contributed by atoms with Gasteiger partial charge < -0.3 is 9.72 Å². The van der Waals surface area contributed by atoms with Gasteiger partial charge >= 0.3 is 0 Å². The van der Waals surface area contributed by atoms with Gasteiger partial charge in [-0.2, -0.15) is 0 Å². The molecule has 0 saturated heterocycles. The molecule has 4 aromatic rings. The van der Waals surface area contributed by atoms with Crippen molar-refractivity contribution in [3.8, 4) is 5.75 Å². The fourth-order valence-electron chi connectivity index (χ4n) is 3.27. The molecule has 2 aromatic heterocycles. The first kappa shape index (κ1) is 18.7. The molecule has 1 atom stereocenters. The van der Waals surface area contributed by atoms with Crippen LogP contribution in [0.4, 0.5) is 0 Å². The van der Waals surface area contributed by atoms with E-state index in [-0.39, 0.29) is 17.4 Å². The van der Waals surface area contributed by atoms with E-state index >= 15 is 0 Å². The third kappa shape index (κ3) is 3.69. The summed E-state index contributed by atoms with van der Waals surface area (Å²) in [6, 6.07) is 18.5. The topological polar surface area (TPSA) is 71.2 Å². The summed E-state index contributed by atoms with van der Waals surface area (Å²) >= 11 is 1.62. The number of H-pyrrole nitrogens is 1. The molecule has 0 bridgehead atoms. The van der Waals surface area contributed by atoms with Gasteiger partial charge in [0.1, 0.15) is 5.75 Å². The Hall–Kier alpha value is -2.61. The average Bonchev–Trinajstić information content (AvgIpc) is 3.39. The number of hydrogen-bond donors (Lipinski definition) is 2. The Balaban J connectivity index is 1.63. The van der Waals surface area contributed by atoms with Crippen molar-refractivity contribution in [3.63, 3.8) is 0 Å². The fourth-order valence-corrected chi connectivity index (χ4v) is 5.16. The Morgan fingerprint density at radius 3 is 2.57 bits per heavy atom. The molecule has 0 amide bonds. The van der Waals surface area contributed by atoms with Gasteiger partial charge in [-0.25, -0.2) is 13.1 Å². The molecular formula is C21H20N2O3S2. The largest absolute Gasteiger partial charge is 0.497 e. The Labute approximate surface area is 168 Å². The number of hydrogen-bond acceptors (Lipinski definition) is 4. The predicted molar refractivity (Wildman–Crippen MR) is 113 cm³/mol. The first-order valence-electron chi connectivity index (χ1n) is 8.81. The molecule has 0 aliphatic carbocycles. The lowest BCUT2D eigenvalue weighted by Gasteiger charge is -2.16. The number of methoxy groups -OCH3 is 1. The predicted octanol–water partition coefficient (Wildman–Crippen LogP) is 4.35. The molecule has 2 aromatic carbocycles. The standard InChI is InChI=1S/C21H20N2O3S2/c1-26-15-8-10-16(11-9-15)28(24,25)23-14-19(21-7-4-12-27-21)18-13-22-20-6-3-2-5-17(18)20/h2-13,19,22-23H,14H2,1H3/t19-/m0/s1. The summed E-state index contributed by atoms with van der Waals surface area (Å²) in [5.74, 6) is 0.540. The van der Waals surface area contributed by atoms with E-state index in [0.717, 1.165) is 21.3 Å². The van der Waals surface area contributed by atoms with Crippen LogP contribution in [-0.4, -0.2) is 27.1 Å². The number of ether oxygens (including phenoxy) is 1. The van der Waals surface area contributed by atoms with Crippen LogP contribution in [0, 0.1) is 0 Å². The van der Waals surface area contributed by atoms with Crippen LogP contribution in [-0.2, 0) is 10.0 Å². The maximum Gasteiger partial charge on any atom is 0.240 e. The highest BCUT2D eigenvalue weighted by Gasteiger charge is 2.22. The number of fused-ring (bicyclic) bond motifs is 1. The van der Waals surface area contributed by atoms with E-state index in [1.807, 2.05) is 41.9 Å². The number of aromatic nitrogens is 1. The van der Waals surface area contributed by atoms with Crippen LogP contribution in [0.2, 0.25) is 0 Å². The molecule has 4 rings (SSSR count). The van der Waals surface area contributed by atoms with Gasteiger partial charge in [0.25, 0.3) is 0 Å². The smallest absolute Gasteiger partial charge is 0.240 e. The molecule has 28 heavy (non-hydrogen) atoms. The maximum absolute atomic E-state index is 12.8. The monoisotopic (exact) mass is 412 g/mol. The van der Waals surface area contributed by atoms with Crippen molar-refractivity contribution in [1.82, 2.24) is 9.71 Å². The van der Waals surface area contributed by atoms with E-state index < -0.39 is 10.0 Å². The molecule has 2 N–H and O–H groups in total. The molecule has 7 heteroatoms. The van der Waals surface area contributed by atoms with E-state index in [1.54, 1.807) is 42.7 Å². The van der Waals surface area contributed by atoms with Crippen molar-refractivity contribution in [2.45, 2.75) is 10.8 Å². The maximum atomic E-state index is 12.8. The van der Waals surface area contributed by atoms with Gasteiger partial charge in [0.05, 0.1) is 12.0 Å². The lowest BCUT2D eigenvalue weighted by atomic mass is 9.97. The average molecular weight is 413 g/mol. The third-order valence-corrected chi connectivity index (χ3v) is 7.16. The summed E-state index contributed by atoms with van der Waals surface area (Å²) < 4.78 is 33.4. The van der Waals surface area contributed by atoms with Gasteiger partial charge in [0.2, 0.25) is 10.0 Å². The second-order valence-electron chi connectivity index (χ2n) is 6.39. The molecule has 0 aliphatic rings. The summed E-state index contributed by atoms with van der Waals surface area (Å²) in [5.41, 5.74) is 2.12. The van der Waals surface area contributed by atoms with E-state index in [2.05, 4.69) is 15.8 Å². The van der Waals surface area contributed by atoms with Gasteiger partial charge in [0.15, 0.2) is 0 Å². The SMILES string of the molecule is COc1ccc(S(=O)(=O)NC[C@H](c2cccs2)c2c[nH]c3ccccc23)cc1. The van der Waals surface area contributed by atoms with Crippen molar-refractivity contribution in [3.05, 3.63) is 82.7 Å². The molecule has 0 unspecified atom stereocenters. The number of rotatable bonds is 7. The zero-order valence-electron chi connectivity index (χ0n) is 15.3. The minimum absolute atomic E-state index is 0.0795. The number of para-hydroxylation sites is 1. The normalized spacial score (nSPS) is 12.9. The van der Waals surface area contributed by atoms with Gasteiger partial charge in [-0.05, 0) is 47.3 Å². The quantitative estimate of drug-likeness (QED) is 0.474. The van der Waals surface area contributed by atoms with Crippen molar-refractivity contribution in [2.24, 2.45) is 0 Å². The molecule has 0 aliphatic heterocycles. The van der Waals surface area contributed by atoms with E-state index in [4.69, 9.17) is 4.74 Å². The molecule has 5 nitrogen and oxygen atoms in total. The van der Waals surface area contributed by atoms with Crippen LogP contribution in [0.15, 0.2) is 77.1 Å². The summed E-state index contributed by atoms with van der Waals surface area (Å²) in [7, 11) is -2.08. The number of sulfonamides is 1. The first-order chi connectivity index (χ1) is 13.6. The highest BCUT2D eigenvalue weighted by atomic mass is 32.2. The van der Waals surface area contributed by atoms with Crippen molar-refractivity contribution in [1.29, 1.82) is 0 Å². The van der Waals surface area contributed by atoms with Crippen molar-refractivity contribution >= 4 is 32.3 Å². The molecular weight excluding hydrogens is 392 g/mol. The van der Waals surface area contributed by atoms with Gasteiger partial charge in [0, 0.05) is 34.4 Å². The summed E-state index contributed by atoms with van der Waals surface area (Å²) in [6.07, 6.45) is 1.97. The van der Waals surface area contributed by atoms with Gasteiger partial charge in [-0.3, -0.25) is 0 Å². The van der Waals surface area contributed by atoms with Gasteiger partial charge in [-0.1, -0.05) is 24.3 Å². The fraction of sp³-hybridized carbons (Fsp3) is 0.143.